The SMILES string of the molecule is CC(C)c1ccc(CBr)cc1.CC(C)c1ccc(CN2CCc3cc([N+](=O)[O-])ccc32)cc1.O=[N+]([O-])c1ccc2c(c1)CCC2. The van der Waals surface area contributed by atoms with Crippen LogP contribution in [-0.2, 0) is 31.1 Å². The maximum absolute atomic E-state index is 10.9. The number of hydrogen-bond donors (Lipinski definition) is 0. The molecule has 0 unspecified atom stereocenters. The van der Waals surface area contributed by atoms with Gasteiger partial charge in [0.05, 0.1) is 9.85 Å². The lowest BCUT2D eigenvalue weighted by molar-refractivity contribution is -0.385. The Kier molecular flexibility index (Phi) is 11.9. The standard InChI is InChI=1S/C18H20N2O2.C10H13Br.C9H9NO2/c1-13(2)15-5-3-14(4-6-15)12-19-10-9-16-11-17(20(21)22)7-8-18(16)19;1-8(2)10-5-3-9(7-11)4-6-10;11-10(12)9-5-4-7-2-1-3-8(7)6-9/h3-8,11,13H,9-10,12H2,1-2H3;3-6,8H,7H2,1-2H3;4-6H,1-3H2. The summed E-state index contributed by atoms with van der Waals surface area (Å²) in [4.78, 5) is 22.9. The minimum Gasteiger partial charge on any atom is -0.367 e. The Morgan fingerprint density at radius 1 is 0.667 bits per heavy atom. The van der Waals surface area contributed by atoms with Gasteiger partial charge in [0.2, 0.25) is 0 Å². The van der Waals surface area contributed by atoms with Crippen molar-refractivity contribution in [2.75, 3.05) is 11.4 Å². The van der Waals surface area contributed by atoms with Crippen LogP contribution in [0.4, 0.5) is 17.1 Å². The van der Waals surface area contributed by atoms with Crippen LogP contribution in [0.15, 0.2) is 84.9 Å². The minimum atomic E-state index is -0.335. The summed E-state index contributed by atoms with van der Waals surface area (Å²) in [5.41, 5.74) is 10.4. The van der Waals surface area contributed by atoms with Crippen LogP contribution in [0.1, 0.15) is 84.9 Å². The summed E-state index contributed by atoms with van der Waals surface area (Å²) >= 11 is 3.42. The van der Waals surface area contributed by atoms with Gasteiger partial charge in [-0.15, -0.1) is 0 Å². The summed E-state index contributed by atoms with van der Waals surface area (Å²) in [6, 6.07) is 27.8. The summed E-state index contributed by atoms with van der Waals surface area (Å²) in [5.74, 6) is 1.18. The van der Waals surface area contributed by atoms with Gasteiger partial charge in [-0.3, -0.25) is 20.2 Å². The molecule has 0 atom stereocenters. The highest BCUT2D eigenvalue weighted by Gasteiger charge is 2.22. The number of fused-ring (bicyclic) bond motifs is 2. The van der Waals surface area contributed by atoms with Gasteiger partial charge in [-0.2, -0.15) is 0 Å². The Morgan fingerprint density at radius 2 is 1.18 bits per heavy atom. The number of non-ortho nitro benzene ring substituents is 2. The molecule has 0 aromatic heterocycles. The van der Waals surface area contributed by atoms with Crippen molar-refractivity contribution >= 4 is 33.0 Å². The van der Waals surface area contributed by atoms with E-state index in [1.54, 1.807) is 24.3 Å². The van der Waals surface area contributed by atoms with E-state index in [2.05, 4.69) is 97.1 Å². The second-order valence-corrected chi connectivity index (χ2v) is 12.8. The number of rotatable bonds is 7. The van der Waals surface area contributed by atoms with E-state index in [1.165, 1.54) is 27.8 Å². The van der Waals surface area contributed by atoms with Gasteiger partial charge in [0.15, 0.2) is 0 Å². The highest BCUT2D eigenvalue weighted by atomic mass is 79.9. The van der Waals surface area contributed by atoms with Crippen LogP contribution in [0, 0.1) is 20.2 Å². The Bertz CT molecular complexity index is 1600. The molecular weight excluding hydrogens is 630 g/mol. The topological polar surface area (TPSA) is 89.5 Å². The number of nitro benzene ring substituents is 2. The van der Waals surface area contributed by atoms with E-state index >= 15 is 0 Å². The highest BCUT2D eigenvalue weighted by Crippen LogP contribution is 2.32. The number of nitrogens with zero attached hydrogens (tertiary/aromatic N) is 3. The Morgan fingerprint density at radius 3 is 1.71 bits per heavy atom. The molecule has 0 radical (unpaired) electrons. The van der Waals surface area contributed by atoms with E-state index in [1.807, 2.05) is 12.1 Å². The Labute approximate surface area is 274 Å². The molecular formula is C37H42BrN3O4. The maximum atomic E-state index is 10.9. The molecule has 0 N–H and O–H groups in total. The lowest BCUT2D eigenvalue weighted by atomic mass is 10.0. The normalized spacial score (nSPS) is 13.0. The van der Waals surface area contributed by atoms with Gasteiger partial charge in [-0.05, 0) is 82.5 Å². The summed E-state index contributed by atoms with van der Waals surface area (Å²) < 4.78 is 0. The smallest absolute Gasteiger partial charge is 0.269 e. The number of aryl methyl sites for hydroxylation is 2. The quantitative estimate of drug-likeness (QED) is 0.111. The van der Waals surface area contributed by atoms with Crippen molar-refractivity contribution in [3.63, 3.8) is 0 Å². The molecule has 4 aromatic carbocycles. The van der Waals surface area contributed by atoms with Gasteiger partial charge in [-0.1, -0.05) is 98.2 Å². The summed E-state index contributed by atoms with van der Waals surface area (Å²) in [6.07, 6.45) is 4.09. The van der Waals surface area contributed by atoms with Crippen LogP contribution >= 0.6 is 15.9 Å². The van der Waals surface area contributed by atoms with Crippen LogP contribution in [0.2, 0.25) is 0 Å². The first kappa shape index (κ1) is 33.8. The van der Waals surface area contributed by atoms with Crippen molar-refractivity contribution in [2.45, 2.75) is 77.1 Å². The molecule has 7 nitrogen and oxygen atoms in total. The number of anilines is 1. The number of benzene rings is 4. The third kappa shape index (κ3) is 9.24. The van der Waals surface area contributed by atoms with Crippen LogP contribution in [0.25, 0.3) is 0 Å². The zero-order valence-corrected chi connectivity index (χ0v) is 28.1. The predicted molar refractivity (Wildman–Crippen MR) is 187 cm³/mol. The molecule has 6 rings (SSSR count). The molecule has 4 aromatic rings. The molecule has 0 saturated heterocycles. The van der Waals surface area contributed by atoms with Crippen LogP contribution in [0.3, 0.4) is 0 Å². The number of alkyl halides is 1. The molecule has 45 heavy (non-hydrogen) atoms. The monoisotopic (exact) mass is 671 g/mol. The van der Waals surface area contributed by atoms with Crippen LogP contribution in [-0.4, -0.2) is 16.4 Å². The molecule has 236 valence electrons. The molecule has 0 fully saturated rings. The van der Waals surface area contributed by atoms with E-state index in [-0.39, 0.29) is 21.2 Å². The average molecular weight is 673 g/mol. The van der Waals surface area contributed by atoms with Gasteiger partial charge < -0.3 is 4.90 Å². The third-order valence-corrected chi connectivity index (χ3v) is 9.03. The van der Waals surface area contributed by atoms with Gasteiger partial charge in [0, 0.05) is 48.4 Å². The van der Waals surface area contributed by atoms with Gasteiger partial charge in [-0.25, -0.2) is 0 Å². The second-order valence-electron chi connectivity index (χ2n) is 12.2. The first-order valence-electron chi connectivity index (χ1n) is 15.6. The van der Waals surface area contributed by atoms with Crippen molar-refractivity contribution in [3.05, 3.63) is 144 Å². The lowest BCUT2D eigenvalue weighted by Crippen LogP contribution is -2.19. The first-order valence-corrected chi connectivity index (χ1v) is 16.7. The number of halogens is 1. The minimum absolute atomic E-state index is 0.182. The zero-order valence-electron chi connectivity index (χ0n) is 26.5. The van der Waals surface area contributed by atoms with Crippen LogP contribution < -0.4 is 4.90 Å². The molecule has 1 aliphatic carbocycles. The fraction of sp³-hybridized carbons (Fsp3) is 0.351. The molecule has 8 heteroatoms. The largest absolute Gasteiger partial charge is 0.367 e. The van der Waals surface area contributed by atoms with Gasteiger partial charge in [0.25, 0.3) is 11.4 Å². The first-order chi connectivity index (χ1) is 21.5. The molecule has 2 aliphatic rings. The van der Waals surface area contributed by atoms with Crippen molar-refractivity contribution in [1.82, 2.24) is 0 Å². The highest BCUT2D eigenvalue weighted by molar-refractivity contribution is 9.08. The van der Waals surface area contributed by atoms with Crippen molar-refractivity contribution < 1.29 is 9.85 Å². The van der Waals surface area contributed by atoms with E-state index in [4.69, 9.17) is 0 Å². The van der Waals surface area contributed by atoms with Gasteiger partial charge in [0.1, 0.15) is 0 Å². The molecule has 1 heterocycles. The molecule has 1 aliphatic heterocycles. The van der Waals surface area contributed by atoms with E-state index in [0.29, 0.717) is 11.8 Å². The predicted octanol–water partition coefficient (Wildman–Crippen LogP) is 10.1. The summed E-state index contributed by atoms with van der Waals surface area (Å²) in [5, 5.41) is 22.2. The van der Waals surface area contributed by atoms with E-state index in [9.17, 15) is 20.2 Å². The third-order valence-electron chi connectivity index (χ3n) is 8.38. The number of nitro groups is 2. The Balaban J connectivity index is 0.000000169. The van der Waals surface area contributed by atoms with Crippen molar-refractivity contribution in [3.8, 4) is 0 Å². The number of hydrogen-bond acceptors (Lipinski definition) is 5. The second kappa shape index (κ2) is 15.8. The fourth-order valence-corrected chi connectivity index (χ4v) is 6.00. The maximum Gasteiger partial charge on any atom is 0.269 e. The molecule has 0 spiro atoms. The molecule has 0 amide bonds. The lowest BCUT2D eigenvalue weighted by Gasteiger charge is -2.19. The van der Waals surface area contributed by atoms with Crippen molar-refractivity contribution in [2.24, 2.45) is 0 Å². The molecule has 0 saturated carbocycles. The van der Waals surface area contributed by atoms with Gasteiger partial charge >= 0.3 is 0 Å². The molecule has 0 bridgehead atoms. The van der Waals surface area contributed by atoms with E-state index < -0.39 is 0 Å². The summed E-state index contributed by atoms with van der Waals surface area (Å²) in [7, 11) is 0. The zero-order chi connectivity index (χ0) is 32.5. The fourth-order valence-electron chi connectivity index (χ4n) is 5.63. The van der Waals surface area contributed by atoms with E-state index in [0.717, 1.165) is 60.9 Å². The average Bonchev–Trinajstić information content (AvgIpc) is 3.68. The van der Waals surface area contributed by atoms with Crippen molar-refractivity contribution in [1.29, 1.82) is 0 Å². The summed E-state index contributed by atoms with van der Waals surface area (Å²) in [6.45, 7) is 10.6. The Hall–Kier alpha value is -4.04. The van der Waals surface area contributed by atoms with Crippen LogP contribution in [0.5, 0.6) is 0 Å².